The number of hydrogen-bond donors (Lipinski definition) is 0. The van der Waals surface area contributed by atoms with Crippen LogP contribution in [0.5, 0.6) is 0 Å². The first kappa shape index (κ1) is 38.1. The standard InChI is InChI=1S/C38H43N2O2P.C8H16.C2H6/c1-3-11-30-24(2)41-37-25(12-9-17-32(30)37)20-28-22-35-34(39(28)27-14-5-4-6-15-27)23-29(40(35)43)21-26-13-10-18-33-31-16-7-8-19-36(31)42-38(26)33;1-2-4-6-8-7-5-3-1;1-2/h8-10,12-13,17-19,22,27,29H,3-7,11,14-16,20-21,23,43H2,1-2H3;1-8H2;1-2H3. The molecule has 5 heteroatoms. The van der Waals surface area contributed by atoms with Crippen molar-refractivity contribution in [2.45, 2.75) is 168 Å². The number of benzene rings is 2. The second kappa shape index (κ2) is 17.9. The highest BCUT2D eigenvalue weighted by Crippen LogP contribution is 2.45. The summed E-state index contributed by atoms with van der Waals surface area (Å²) in [5.41, 5.74) is 11.9. The molecule has 3 aromatic heterocycles. The second-order valence-corrected chi connectivity index (χ2v) is 16.5. The summed E-state index contributed by atoms with van der Waals surface area (Å²) >= 11 is 0. The lowest BCUT2D eigenvalue weighted by atomic mass is 9.94. The van der Waals surface area contributed by atoms with Crippen LogP contribution >= 0.6 is 9.39 Å². The van der Waals surface area contributed by atoms with Crippen LogP contribution in [0, 0.1) is 6.92 Å². The third kappa shape index (κ3) is 8.10. The smallest absolute Gasteiger partial charge is 0.138 e. The summed E-state index contributed by atoms with van der Waals surface area (Å²) in [5.74, 6) is 2.14. The highest BCUT2D eigenvalue weighted by Gasteiger charge is 2.35. The zero-order chi connectivity index (χ0) is 36.7. The van der Waals surface area contributed by atoms with E-state index < -0.39 is 0 Å². The van der Waals surface area contributed by atoms with Crippen LogP contribution in [0.1, 0.15) is 168 Å². The van der Waals surface area contributed by atoms with E-state index >= 15 is 0 Å². The van der Waals surface area contributed by atoms with Crippen LogP contribution in [-0.2, 0) is 32.1 Å². The SMILES string of the molecule is C1CCCCCCC1.CC.CCCc1c(C)oc2c(Cc3cc4c(n3C3CCCCC3)CC(Cc3cccc5c6c(oc35)C=CCC6)N4P)cccc12. The fourth-order valence-electron chi connectivity index (χ4n) is 9.78. The maximum atomic E-state index is 6.46. The summed E-state index contributed by atoms with van der Waals surface area (Å²) in [4.78, 5) is 0. The Morgan fingerprint density at radius 3 is 2.13 bits per heavy atom. The molecule has 4 nitrogen and oxygen atoms in total. The largest absolute Gasteiger partial charge is 0.461 e. The number of aryl methyl sites for hydroxylation is 3. The molecule has 0 N–H and O–H groups in total. The fraction of sp³-hybridized carbons (Fsp3) is 0.542. The van der Waals surface area contributed by atoms with E-state index in [-0.39, 0.29) is 0 Å². The quantitative estimate of drug-likeness (QED) is 0.156. The van der Waals surface area contributed by atoms with Crippen molar-refractivity contribution in [1.29, 1.82) is 0 Å². The summed E-state index contributed by atoms with van der Waals surface area (Å²) in [7, 11) is 3.09. The molecule has 0 saturated heterocycles. The van der Waals surface area contributed by atoms with Gasteiger partial charge in [0.05, 0.1) is 5.69 Å². The maximum Gasteiger partial charge on any atom is 0.138 e. The van der Waals surface area contributed by atoms with Gasteiger partial charge in [-0.05, 0) is 72.5 Å². The number of fused-ring (bicyclic) bond motifs is 5. The van der Waals surface area contributed by atoms with Gasteiger partial charge in [0, 0.05) is 63.8 Å². The van der Waals surface area contributed by atoms with Crippen molar-refractivity contribution in [3.63, 3.8) is 0 Å². The van der Waals surface area contributed by atoms with Gasteiger partial charge in [0.1, 0.15) is 22.7 Å². The Balaban J connectivity index is 0.000000383. The van der Waals surface area contributed by atoms with Gasteiger partial charge in [-0.1, -0.05) is 140 Å². The molecule has 2 aromatic carbocycles. The zero-order valence-electron chi connectivity index (χ0n) is 33.3. The number of furan rings is 2. The zero-order valence-corrected chi connectivity index (χ0v) is 34.4. The summed E-state index contributed by atoms with van der Waals surface area (Å²) in [6.07, 6.45) is 30.3. The highest BCUT2D eigenvalue weighted by molar-refractivity contribution is 7.19. The molecule has 0 spiro atoms. The van der Waals surface area contributed by atoms with Crippen molar-refractivity contribution in [3.8, 4) is 0 Å². The van der Waals surface area contributed by atoms with Crippen molar-refractivity contribution in [2.75, 3.05) is 4.67 Å². The van der Waals surface area contributed by atoms with Gasteiger partial charge in [-0.15, -0.1) is 0 Å². The third-order valence-electron chi connectivity index (χ3n) is 12.4. The lowest BCUT2D eigenvalue weighted by Gasteiger charge is -2.28. The molecule has 4 aliphatic rings. The molecule has 0 radical (unpaired) electrons. The second-order valence-electron chi connectivity index (χ2n) is 16.0. The van der Waals surface area contributed by atoms with Gasteiger partial charge in [0.15, 0.2) is 0 Å². The van der Waals surface area contributed by atoms with Crippen LogP contribution in [0.3, 0.4) is 0 Å². The number of aromatic nitrogens is 1. The van der Waals surface area contributed by atoms with Crippen molar-refractivity contribution < 1.29 is 8.83 Å². The monoisotopic (exact) mass is 732 g/mol. The van der Waals surface area contributed by atoms with Crippen LogP contribution < -0.4 is 4.67 Å². The lowest BCUT2D eigenvalue weighted by molar-refractivity contribution is 0.342. The van der Waals surface area contributed by atoms with Gasteiger partial charge >= 0.3 is 0 Å². The van der Waals surface area contributed by atoms with Gasteiger partial charge in [-0.3, -0.25) is 0 Å². The van der Waals surface area contributed by atoms with E-state index in [2.05, 4.69) is 87.1 Å². The Bertz CT molecular complexity index is 1960. The summed E-state index contributed by atoms with van der Waals surface area (Å²) in [5, 5.41) is 2.61. The van der Waals surface area contributed by atoms with E-state index in [1.165, 1.54) is 134 Å². The Kier molecular flexibility index (Phi) is 12.9. The van der Waals surface area contributed by atoms with Crippen LogP contribution in [0.4, 0.5) is 5.69 Å². The normalized spacial score (nSPS) is 18.9. The van der Waals surface area contributed by atoms with E-state index in [1.54, 1.807) is 0 Å². The first-order chi connectivity index (χ1) is 26.1. The first-order valence-electron chi connectivity index (χ1n) is 21.6. The number of allylic oxidation sites excluding steroid dienone is 1. The van der Waals surface area contributed by atoms with E-state index in [4.69, 9.17) is 8.83 Å². The van der Waals surface area contributed by atoms with E-state index in [0.717, 1.165) is 67.6 Å². The van der Waals surface area contributed by atoms with Crippen molar-refractivity contribution in [2.24, 2.45) is 0 Å². The van der Waals surface area contributed by atoms with Crippen LogP contribution in [-0.4, -0.2) is 10.6 Å². The van der Waals surface area contributed by atoms with Gasteiger partial charge in [-0.25, -0.2) is 0 Å². The van der Waals surface area contributed by atoms with Crippen LogP contribution in [0.15, 0.2) is 57.4 Å². The predicted octanol–water partition coefficient (Wildman–Crippen LogP) is 14.2. The van der Waals surface area contributed by atoms with Gasteiger partial charge in [0.25, 0.3) is 0 Å². The summed E-state index contributed by atoms with van der Waals surface area (Å²) < 4.78 is 18.2. The minimum Gasteiger partial charge on any atom is -0.461 e. The third-order valence-corrected chi connectivity index (χ3v) is 13.1. The molecule has 4 heterocycles. The molecule has 0 amide bonds. The molecule has 2 unspecified atom stereocenters. The minimum absolute atomic E-state index is 0.398. The highest BCUT2D eigenvalue weighted by atomic mass is 31.0. The molecule has 2 atom stereocenters. The average molecular weight is 733 g/mol. The van der Waals surface area contributed by atoms with Crippen molar-refractivity contribution >= 4 is 43.1 Å². The van der Waals surface area contributed by atoms with Crippen molar-refractivity contribution in [1.82, 2.24) is 4.57 Å². The molecule has 5 aromatic rings. The minimum atomic E-state index is 0.398. The predicted molar refractivity (Wildman–Crippen MR) is 230 cm³/mol. The van der Waals surface area contributed by atoms with Crippen molar-refractivity contribution in [3.05, 3.63) is 93.7 Å². The molecule has 1 aliphatic heterocycles. The molecule has 284 valence electrons. The Labute approximate surface area is 322 Å². The number of rotatable bonds is 7. The maximum absolute atomic E-state index is 6.46. The first-order valence-corrected chi connectivity index (χ1v) is 22.1. The summed E-state index contributed by atoms with van der Waals surface area (Å²) in [6.45, 7) is 8.39. The van der Waals surface area contributed by atoms with Gasteiger partial charge in [-0.2, -0.15) is 0 Å². The van der Waals surface area contributed by atoms with E-state index in [9.17, 15) is 0 Å². The van der Waals surface area contributed by atoms with Crippen LogP contribution in [0.2, 0.25) is 0 Å². The molecule has 0 bridgehead atoms. The number of anilines is 1. The molecule has 2 fully saturated rings. The molecular weight excluding hydrogens is 668 g/mol. The van der Waals surface area contributed by atoms with Crippen LogP contribution in [0.25, 0.3) is 28.0 Å². The molecule has 53 heavy (non-hydrogen) atoms. The lowest BCUT2D eigenvalue weighted by Crippen LogP contribution is -2.26. The Hall–Kier alpha value is -3.23. The Morgan fingerprint density at radius 1 is 0.792 bits per heavy atom. The molecular formula is C48H65N2O2P. The Morgan fingerprint density at radius 2 is 1.43 bits per heavy atom. The average Bonchev–Trinajstić information content (AvgIpc) is 3.90. The number of nitrogens with zero attached hydrogens (tertiary/aromatic N) is 2. The molecule has 2 saturated carbocycles. The fourth-order valence-corrected chi connectivity index (χ4v) is 10.2. The number of hydrogen-bond acceptors (Lipinski definition) is 3. The van der Waals surface area contributed by atoms with Gasteiger partial charge in [0.2, 0.25) is 0 Å². The molecule has 3 aliphatic carbocycles. The number of para-hydroxylation sites is 2. The van der Waals surface area contributed by atoms with E-state index in [0.29, 0.717) is 12.1 Å². The topological polar surface area (TPSA) is 34.5 Å². The van der Waals surface area contributed by atoms with Gasteiger partial charge < -0.3 is 18.1 Å². The molecule has 9 rings (SSSR count). The summed E-state index contributed by atoms with van der Waals surface area (Å²) in [6, 6.07) is 17.0. The van der Waals surface area contributed by atoms with E-state index in [1.807, 2.05) is 13.8 Å².